The van der Waals surface area contributed by atoms with E-state index in [9.17, 15) is 9.59 Å². The van der Waals surface area contributed by atoms with Crippen molar-refractivity contribution in [3.8, 4) is 11.8 Å². The van der Waals surface area contributed by atoms with Crippen LogP contribution in [0.3, 0.4) is 0 Å². The molecule has 0 saturated carbocycles. The molecule has 1 rings (SSSR count). The van der Waals surface area contributed by atoms with Gasteiger partial charge in [-0.2, -0.15) is 0 Å². The van der Waals surface area contributed by atoms with Crippen LogP contribution in [0.5, 0.6) is 0 Å². The quantitative estimate of drug-likeness (QED) is 0.627. The Labute approximate surface area is 124 Å². The third-order valence-electron chi connectivity index (χ3n) is 2.65. The Kier molecular flexibility index (Phi) is 6.99. The molecule has 5 nitrogen and oxygen atoms in total. The predicted molar refractivity (Wildman–Crippen MR) is 78.7 cm³/mol. The number of aliphatic hydroxyl groups excluding tert-OH is 1. The van der Waals surface area contributed by atoms with Crippen molar-refractivity contribution in [3.05, 3.63) is 34.9 Å². The van der Waals surface area contributed by atoms with Crippen LogP contribution in [-0.2, 0) is 9.53 Å². The summed E-state index contributed by atoms with van der Waals surface area (Å²) in [5.41, 5.74) is 2.14. The largest absolute Gasteiger partial charge is 0.465 e. The summed E-state index contributed by atoms with van der Waals surface area (Å²) in [5.74, 6) is 4.97. The zero-order valence-electron chi connectivity index (χ0n) is 12.2. The lowest BCUT2D eigenvalue weighted by Crippen LogP contribution is -2.30. The number of carbonyl (C=O) groups excluding carboxylic acids is 2. The van der Waals surface area contributed by atoms with E-state index in [1.807, 2.05) is 6.92 Å². The first-order chi connectivity index (χ1) is 10.1. The third kappa shape index (κ3) is 5.67. The van der Waals surface area contributed by atoms with Crippen molar-refractivity contribution >= 4 is 11.9 Å². The van der Waals surface area contributed by atoms with Gasteiger partial charge in [0.2, 0.25) is 0 Å². The van der Waals surface area contributed by atoms with Gasteiger partial charge in [0.25, 0.3) is 5.91 Å². The Morgan fingerprint density at radius 1 is 1.38 bits per heavy atom. The van der Waals surface area contributed by atoms with Crippen LogP contribution in [0.25, 0.3) is 0 Å². The smallest absolute Gasteiger partial charge is 0.325 e. The fourth-order valence-corrected chi connectivity index (χ4v) is 1.63. The molecule has 0 bridgehead atoms. The lowest BCUT2D eigenvalue weighted by molar-refractivity contribution is -0.141. The molecule has 1 aromatic carbocycles. The van der Waals surface area contributed by atoms with E-state index >= 15 is 0 Å². The van der Waals surface area contributed by atoms with E-state index in [1.165, 1.54) is 0 Å². The van der Waals surface area contributed by atoms with Crippen molar-refractivity contribution in [2.75, 3.05) is 19.8 Å². The molecule has 1 aromatic rings. The monoisotopic (exact) mass is 289 g/mol. The highest BCUT2D eigenvalue weighted by Gasteiger charge is 2.09. The van der Waals surface area contributed by atoms with Gasteiger partial charge in [-0.05, 0) is 37.6 Å². The summed E-state index contributed by atoms with van der Waals surface area (Å²) in [7, 11) is 0. The molecule has 1 amide bonds. The molecule has 0 aliphatic carbocycles. The Bertz CT molecular complexity index is 569. The van der Waals surface area contributed by atoms with E-state index in [4.69, 9.17) is 9.84 Å². The average molecular weight is 289 g/mol. The topological polar surface area (TPSA) is 75.6 Å². The molecule has 21 heavy (non-hydrogen) atoms. The van der Waals surface area contributed by atoms with Crippen LogP contribution in [0, 0.1) is 18.8 Å². The van der Waals surface area contributed by atoms with E-state index in [0.717, 1.165) is 11.1 Å². The molecule has 2 N–H and O–H groups in total. The van der Waals surface area contributed by atoms with Gasteiger partial charge in [-0.3, -0.25) is 9.59 Å². The highest BCUT2D eigenvalue weighted by Crippen LogP contribution is 2.10. The highest BCUT2D eigenvalue weighted by atomic mass is 16.5. The second-order valence-electron chi connectivity index (χ2n) is 4.29. The van der Waals surface area contributed by atoms with Crippen LogP contribution in [0.1, 0.15) is 34.8 Å². The van der Waals surface area contributed by atoms with Crippen molar-refractivity contribution < 1.29 is 19.4 Å². The summed E-state index contributed by atoms with van der Waals surface area (Å²) in [5, 5.41) is 11.2. The minimum absolute atomic E-state index is 0.0282. The van der Waals surface area contributed by atoms with Gasteiger partial charge in [0.1, 0.15) is 6.54 Å². The van der Waals surface area contributed by atoms with Gasteiger partial charge in [0.05, 0.1) is 13.2 Å². The first kappa shape index (κ1) is 16.7. The number of amides is 1. The molecule has 0 aliphatic rings. The molecule has 0 fully saturated rings. The SMILES string of the molecule is CCOC(=O)CNC(=O)c1ccc(C#CCCO)c(C)c1. The van der Waals surface area contributed by atoms with Gasteiger partial charge in [0.15, 0.2) is 0 Å². The van der Waals surface area contributed by atoms with E-state index in [1.54, 1.807) is 25.1 Å². The molecule has 0 aromatic heterocycles. The Morgan fingerprint density at radius 3 is 2.76 bits per heavy atom. The number of rotatable bonds is 5. The number of carbonyl (C=O) groups is 2. The predicted octanol–water partition coefficient (Wildman–Crippen LogP) is 1.02. The van der Waals surface area contributed by atoms with E-state index in [-0.39, 0.29) is 25.7 Å². The normalized spacial score (nSPS) is 9.48. The maximum Gasteiger partial charge on any atom is 0.325 e. The van der Waals surface area contributed by atoms with Gasteiger partial charge < -0.3 is 15.2 Å². The summed E-state index contributed by atoms with van der Waals surface area (Å²) < 4.78 is 4.73. The second kappa shape index (κ2) is 8.77. The van der Waals surface area contributed by atoms with Crippen molar-refractivity contribution in [2.24, 2.45) is 0 Å². The molecule has 5 heteroatoms. The maximum atomic E-state index is 11.9. The lowest BCUT2D eigenvalue weighted by Gasteiger charge is -2.06. The number of hydrogen-bond donors (Lipinski definition) is 2. The fourth-order valence-electron chi connectivity index (χ4n) is 1.63. The van der Waals surface area contributed by atoms with Gasteiger partial charge >= 0.3 is 5.97 Å². The summed E-state index contributed by atoms with van der Waals surface area (Å²) in [4.78, 5) is 23.1. The first-order valence-electron chi connectivity index (χ1n) is 6.72. The zero-order valence-corrected chi connectivity index (χ0v) is 12.2. The number of nitrogens with one attached hydrogen (secondary N) is 1. The first-order valence-corrected chi connectivity index (χ1v) is 6.72. The minimum atomic E-state index is -0.464. The summed E-state index contributed by atoms with van der Waals surface area (Å²) in [6.45, 7) is 3.73. The molecule has 112 valence electrons. The molecule has 0 spiro atoms. The van der Waals surface area contributed by atoms with Gasteiger partial charge in [-0.15, -0.1) is 0 Å². The number of benzene rings is 1. The van der Waals surface area contributed by atoms with Crippen LogP contribution >= 0.6 is 0 Å². The minimum Gasteiger partial charge on any atom is -0.465 e. The average Bonchev–Trinajstić information content (AvgIpc) is 2.47. The Balaban J connectivity index is 2.68. The zero-order chi connectivity index (χ0) is 15.7. The number of aryl methyl sites for hydroxylation is 1. The van der Waals surface area contributed by atoms with Crippen LogP contribution in [0.2, 0.25) is 0 Å². The molecule has 0 aliphatic heterocycles. The Hall–Kier alpha value is -2.32. The van der Waals surface area contributed by atoms with Crippen LogP contribution < -0.4 is 5.32 Å². The highest BCUT2D eigenvalue weighted by molar-refractivity contribution is 5.96. The Morgan fingerprint density at radius 2 is 2.14 bits per heavy atom. The maximum absolute atomic E-state index is 11.9. The molecule has 0 saturated heterocycles. The molecule has 0 heterocycles. The van der Waals surface area contributed by atoms with E-state index in [0.29, 0.717) is 12.0 Å². The van der Waals surface area contributed by atoms with Crippen LogP contribution in [0.15, 0.2) is 18.2 Å². The fraction of sp³-hybridized carbons (Fsp3) is 0.375. The second-order valence-corrected chi connectivity index (χ2v) is 4.29. The van der Waals surface area contributed by atoms with Crippen molar-refractivity contribution in [1.29, 1.82) is 0 Å². The van der Waals surface area contributed by atoms with Crippen molar-refractivity contribution in [1.82, 2.24) is 5.32 Å². The third-order valence-corrected chi connectivity index (χ3v) is 2.65. The van der Waals surface area contributed by atoms with Crippen LogP contribution in [0.4, 0.5) is 0 Å². The van der Waals surface area contributed by atoms with Gasteiger partial charge in [0, 0.05) is 17.5 Å². The molecule has 0 unspecified atom stereocenters. The van der Waals surface area contributed by atoms with Crippen LogP contribution in [-0.4, -0.2) is 36.7 Å². The van der Waals surface area contributed by atoms with Gasteiger partial charge in [-0.1, -0.05) is 11.8 Å². The lowest BCUT2D eigenvalue weighted by atomic mass is 10.0. The van der Waals surface area contributed by atoms with E-state index in [2.05, 4.69) is 17.2 Å². The molecular formula is C16H19NO4. The van der Waals surface area contributed by atoms with Crippen molar-refractivity contribution in [3.63, 3.8) is 0 Å². The number of aliphatic hydroxyl groups is 1. The standard InChI is InChI=1S/C16H19NO4/c1-3-21-15(19)11-17-16(20)14-8-7-13(12(2)10-14)6-4-5-9-18/h7-8,10,18H,3,5,9,11H2,1-2H3,(H,17,20). The summed E-state index contributed by atoms with van der Waals surface area (Å²) in [6, 6.07) is 5.11. The molecule has 0 atom stereocenters. The number of hydrogen-bond acceptors (Lipinski definition) is 4. The van der Waals surface area contributed by atoms with Gasteiger partial charge in [-0.25, -0.2) is 0 Å². The van der Waals surface area contributed by atoms with Crippen molar-refractivity contribution in [2.45, 2.75) is 20.3 Å². The summed E-state index contributed by atoms with van der Waals surface area (Å²) >= 11 is 0. The number of ether oxygens (including phenoxy) is 1. The summed E-state index contributed by atoms with van der Waals surface area (Å²) in [6.07, 6.45) is 0.418. The number of esters is 1. The molecule has 0 radical (unpaired) electrons. The van der Waals surface area contributed by atoms with E-state index < -0.39 is 5.97 Å². The molecular weight excluding hydrogens is 270 g/mol.